The van der Waals surface area contributed by atoms with Crippen LogP contribution in [0, 0.1) is 5.82 Å². The van der Waals surface area contributed by atoms with E-state index in [0.29, 0.717) is 6.54 Å². The molecule has 0 aliphatic rings. The zero-order valence-electron chi connectivity index (χ0n) is 8.31. The van der Waals surface area contributed by atoms with Gasteiger partial charge in [-0.3, -0.25) is 9.78 Å². The second-order valence-corrected chi connectivity index (χ2v) is 3.95. The minimum atomic E-state index is -0.606. The topological polar surface area (TPSA) is 42.0 Å². The van der Waals surface area contributed by atoms with Crippen LogP contribution in [0.2, 0.25) is 0 Å². The zero-order chi connectivity index (χ0) is 11.4. The lowest BCUT2D eigenvalue weighted by Gasteiger charge is -2.04. The highest BCUT2D eigenvalue weighted by Gasteiger charge is 2.10. The van der Waals surface area contributed by atoms with Crippen molar-refractivity contribution >= 4 is 17.2 Å². The molecule has 0 atom stereocenters. The van der Waals surface area contributed by atoms with Crippen molar-refractivity contribution in [2.45, 2.75) is 6.54 Å². The smallest absolute Gasteiger partial charge is 0.254 e. The average Bonchev–Trinajstić information content (AvgIpc) is 2.79. The number of rotatable bonds is 3. The van der Waals surface area contributed by atoms with Gasteiger partial charge in [0.15, 0.2) is 5.82 Å². The van der Waals surface area contributed by atoms with E-state index in [1.165, 1.54) is 12.3 Å². The van der Waals surface area contributed by atoms with Crippen molar-refractivity contribution in [2.24, 2.45) is 0 Å². The highest BCUT2D eigenvalue weighted by molar-refractivity contribution is 7.07. The van der Waals surface area contributed by atoms with Crippen LogP contribution in [0.5, 0.6) is 0 Å². The Morgan fingerprint density at radius 2 is 2.38 bits per heavy atom. The summed E-state index contributed by atoms with van der Waals surface area (Å²) < 4.78 is 13.2. The molecule has 3 nitrogen and oxygen atoms in total. The zero-order valence-corrected chi connectivity index (χ0v) is 9.13. The first kappa shape index (κ1) is 10.8. The molecule has 5 heteroatoms. The lowest BCUT2D eigenvalue weighted by atomic mass is 10.2. The molecule has 82 valence electrons. The molecule has 2 heterocycles. The molecule has 0 spiro atoms. The van der Waals surface area contributed by atoms with Gasteiger partial charge in [0.05, 0.1) is 11.8 Å². The number of hydrogen-bond donors (Lipinski definition) is 1. The summed E-state index contributed by atoms with van der Waals surface area (Å²) in [5.74, 6) is -1.03. The van der Waals surface area contributed by atoms with Crippen LogP contribution in [0.3, 0.4) is 0 Å². The summed E-state index contributed by atoms with van der Waals surface area (Å²) in [6.07, 6.45) is 2.42. The summed E-state index contributed by atoms with van der Waals surface area (Å²) in [4.78, 5) is 15.2. The molecule has 2 rings (SSSR count). The van der Waals surface area contributed by atoms with Crippen molar-refractivity contribution in [3.63, 3.8) is 0 Å². The van der Waals surface area contributed by atoms with Crippen LogP contribution < -0.4 is 5.32 Å². The van der Waals surface area contributed by atoms with Gasteiger partial charge in [-0.2, -0.15) is 11.3 Å². The quantitative estimate of drug-likeness (QED) is 0.887. The van der Waals surface area contributed by atoms with Gasteiger partial charge in [-0.25, -0.2) is 4.39 Å². The van der Waals surface area contributed by atoms with Crippen LogP contribution in [0.15, 0.2) is 35.3 Å². The van der Waals surface area contributed by atoms with Gasteiger partial charge in [0, 0.05) is 12.7 Å². The molecule has 0 unspecified atom stereocenters. The van der Waals surface area contributed by atoms with E-state index in [2.05, 4.69) is 10.3 Å². The van der Waals surface area contributed by atoms with E-state index in [0.717, 1.165) is 11.8 Å². The van der Waals surface area contributed by atoms with Crippen molar-refractivity contribution in [3.8, 4) is 0 Å². The Hall–Kier alpha value is -1.75. The van der Waals surface area contributed by atoms with Gasteiger partial charge in [-0.05, 0) is 28.5 Å². The standard InChI is InChI=1S/C11H9FN2OS/c12-10-6-13-3-1-9(10)11(15)14-5-8-2-4-16-7-8/h1-4,6-7H,5H2,(H,14,15). The maximum Gasteiger partial charge on any atom is 0.254 e. The molecular formula is C11H9FN2OS. The summed E-state index contributed by atoms with van der Waals surface area (Å²) in [5.41, 5.74) is 1.03. The summed E-state index contributed by atoms with van der Waals surface area (Å²) in [6, 6.07) is 3.27. The van der Waals surface area contributed by atoms with Crippen molar-refractivity contribution in [1.82, 2.24) is 10.3 Å². The fraction of sp³-hybridized carbons (Fsp3) is 0.0909. The summed E-state index contributed by atoms with van der Waals surface area (Å²) in [5, 5.41) is 6.50. The van der Waals surface area contributed by atoms with E-state index in [4.69, 9.17) is 0 Å². The first-order valence-electron chi connectivity index (χ1n) is 4.66. The number of nitrogens with one attached hydrogen (secondary N) is 1. The van der Waals surface area contributed by atoms with Gasteiger partial charge >= 0.3 is 0 Å². The molecule has 16 heavy (non-hydrogen) atoms. The molecule has 0 saturated heterocycles. The molecule has 0 aliphatic carbocycles. The number of carbonyl (C=O) groups is 1. The van der Waals surface area contributed by atoms with E-state index in [9.17, 15) is 9.18 Å². The highest BCUT2D eigenvalue weighted by atomic mass is 32.1. The van der Waals surface area contributed by atoms with Crippen LogP contribution in [0.4, 0.5) is 4.39 Å². The maximum absolute atomic E-state index is 13.2. The van der Waals surface area contributed by atoms with Crippen LogP contribution in [0.25, 0.3) is 0 Å². The normalized spacial score (nSPS) is 10.1. The molecule has 0 saturated carbocycles. The summed E-state index contributed by atoms with van der Waals surface area (Å²) in [6.45, 7) is 0.407. The number of nitrogens with zero attached hydrogens (tertiary/aromatic N) is 1. The first-order valence-corrected chi connectivity index (χ1v) is 5.60. The molecule has 0 aliphatic heterocycles. The molecule has 0 bridgehead atoms. The number of amides is 1. The monoisotopic (exact) mass is 236 g/mol. The molecule has 0 radical (unpaired) electrons. The Bertz CT molecular complexity index is 484. The van der Waals surface area contributed by atoms with E-state index in [1.807, 2.05) is 16.8 Å². The van der Waals surface area contributed by atoms with E-state index >= 15 is 0 Å². The van der Waals surface area contributed by atoms with Crippen molar-refractivity contribution < 1.29 is 9.18 Å². The third-order valence-corrected chi connectivity index (χ3v) is 2.78. The summed E-state index contributed by atoms with van der Waals surface area (Å²) >= 11 is 1.55. The largest absolute Gasteiger partial charge is 0.348 e. The minimum absolute atomic E-state index is 0.0187. The van der Waals surface area contributed by atoms with E-state index < -0.39 is 11.7 Å². The number of thiophene rings is 1. The predicted octanol–water partition coefficient (Wildman–Crippen LogP) is 2.21. The minimum Gasteiger partial charge on any atom is -0.348 e. The van der Waals surface area contributed by atoms with Crippen LogP contribution in [-0.4, -0.2) is 10.9 Å². The maximum atomic E-state index is 13.2. The van der Waals surface area contributed by atoms with Gasteiger partial charge in [0.1, 0.15) is 0 Å². The average molecular weight is 236 g/mol. The number of pyridine rings is 1. The fourth-order valence-electron chi connectivity index (χ4n) is 1.23. The van der Waals surface area contributed by atoms with Crippen LogP contribution >= 0.6 is 11.3 Å². The summed E-state index contributed by atoms with van der Waals surface area (Å²) in [7, 11) is 0. The Morgan fingerprint density at radius 1 is 1.50 bits per heavy atom. The highest BCUT2D eigenvalue weighted by Crippen LogP contribution is 2.07. The number of aromatic nitrogens is 1. The van der Waals surface area contributed by atoms with Gasteiger partial charge < -0.3 is 5.32 Å². The van der Waals surface area contributed by atoms with Gasteiger partial charge in [-0.1, -0.05) is 0 Å². The van der Waals surface area contributed by atoms with Gasteiger partial charge in [0.2, 0.25) is 0 Å². The lowest BCUT2D eigenvalue weighted by molar-refractivity contribution is 0.0946. The number of carbonyl (C=O) groups excluding carboxylic acids is 1. The third kappa shape index (κ3) is 2.43. The van der Waals surface area contributed by atoms with Crippen LogP contribution in [-0.2, 0) is 6.54 Å². The van der Waals surface area contributed by atoms with E-state index in [1.54, 1.807) is 11.3 Å². The second kappa shape index (κ2) is 4.85. The first-order chi connectivity index (χ1) is 7.77. The predicted molar refractivity (Wildman–Crippen MR) is 59.7 cm³/mol. The molecule has 1 N–H and O–H groups in total. The van der Waals surface area contributed by atoms with Crippen molar-refractivity contribution in [3.05, 3.63) is 52.2 Å². The van der Waals surface area contributed by atoms with Crippen LogP contribution in [0.1, 0.15) is 15.9 Å². The molecule has 1 amide bonds. The Balaban J connectivity index is 2.01. The molecular weight excluding hydrogens is 227 g/mol. The Morgan fingerprint density at radius 3 is 3.06 bits per heavy atom. The molecule has 0 fully saturated rings. The SMILES string of the molecule is O=C(NCc1ccsc1)c1ccncc1F. The van der Waals surface area contributed by atoms with Crippen molar-refractivity contribution in [1.29, 1.82) is 0 Å². The Labute approximate surface area is 96.0 Å². The lowest BCUT2D eigenvalue weighted by Crippen LogP contribution is -2.23. The second-order valence-electron chi connectivity index (χ2n) is 3.17. The van der Waals surface area contributed by atoms with Gasteiger partial charge in [0.25, 0.3) is 5.91 Å². The Kier molecular flexibility index (Phi) is 3.26. The molecule has 2 aromatic rings. The third-order valence-electron chi connectivity index (χ3n) is 2.05. The van der Waals surface area contributed by atoms with Crippen molar-refractivity contribution in [2.75, 3.05) is 0 Å². The fourth-order valence-corrected chi connectivity index (χ4v) is 1.90. The molecule has 0 aromatic carbocycles. The number of hydrogen-bond acceptors (Lipinski definition) is 3. The number of halogens is 1. The van der Waals surface area contributed by atoms with E-state index in [-0.39, 0.29) is 5.56 Å². The van der Waals surface area contributed by atoms with Gasteiger partial charge in [-0.15, -0.1) is 0 Å². The molecule has 2 aromatic heterocycles.